The van der Waals surface area contributed by atoms with Gasteiger partial charge >= 0.3 is 0 Å². The molecule has 0 aliphatic carbocycles. The van der Waals surface area contributed by atoms with E-state index in [0.717, 1.165) is 17.8 Å². The van der Waals surface area contributed by atoms with Crippen LogP contribution in [0.3, 0.4) is 0 Å². The molecule has 1 aromatic heterocycles. The van der Waals surface area contributed by atoms with Crippen LogP contribution in [0, 0.1) is 13.8 Å². The number of nitrogens with one attached hydrogen (secondary N) is 1. The van der Waals surface area contributed by atoms with Gasteiger partial charge < -0.3 is 5.32 Å². The van der Waals surface area contributed by atoms with Crippen LogP contribution < -0.4 is 5.32 Å². The summed E-state index contributed by atoms with van der Waals surface area (Å²) in [5, 5.41) is 7.33. The zero-order valence-corrected chi connectivity index (χ0v) is 14.0. The first-order chi connectivity index (χ1) is 11.7. The highest BCUT2D eigenvalue weighted by atomic mass is 16.1. The van der Waals surface area contributed by atoms with E-state index in [0.29, 0.717) is 12.1 Å². The minimum absolute atomic E-state index is 0.0803. The van der Waals surface area contributed by atoms with Gasteiger partial charge in [-0.25, -0.2) is 4.68 Å². The second-order valence-corrected chi connectivity index (χ2v) is 5.82. The first kappa shape index (κ1) is 16.0. The number of benzene rings is 2. The van der Waals surface area contributed by atoms with E-state index in [1.165, 1.54) is 11.1 Å². The number of rotatable bonds is 5. The molecule has 4 nitrogen and oxygen atoms in total. The summed E-state index contributed by atoms with van der Waals surface area (Å²) in [4.78, 5) is 12.4. The van der Waals surface area contributed by atoms with Gasteiger partial charge in [0.2, 0.25) is 0 Å². The molecule has 0 spiro atoms. The maximum atomic E-state index is 12.4. The van der Waals surface area contributed by atoms with E-state index in [4.69, 9.17) is 0 Å². The number of aryl methyl sites for hydroxylation is 1. The van der Waals surface area contributed by atoms with Crippen molar-refractivity contribution >= 4 is 5.91 Å². The predicted octanol–water partition coefficient (Wildman–Crippen LogP) is 3.46. The molecule has 122 valence electrons. The quantitative estimate of drug-likeness (QED) is 0.783. The summed E-state index contributed by atoms with van der Waals surface area (Å²) in [6, 6.07) is 18.1. The Labute approximate surface area is 142 Å². The van der Waals surface area contributed by atoms with Crippen LogP contribution in [-0.4, -0.2) is 22.2 Å². The molecule has 0 unspecified atom stereocenters. The van der Waals surface area contributed by atoms with E-state index in [9.17, 15) is 4.79 Å². The summed E-state index contributed by atoms with van der Waals surface area (Å²) in [6.07, 6.45) is 2.45. The Balaban J connectivity index is 1.66. The first-order valence-electron chi connectivity index (χ1n) is 8.09. The van der Waals surface area contributed by atoms with Gasteiger partial charge in [-0.3, -0.25) is 4.79 Å². The zero-order chi connectivity index (χ0) is 16.9. The fourth-order valence-electron chi connectivity index (χ4n) is 2.76. The molecule has 0 saturated carbocycles. The smallest absolute Gasteiger partial charge is 0.254 e. The zero-order valence-electron chi connectivity index (χ0n) is 14.0. The number of carbonyl (C=O) groups excluding carboxylic acids is 1. The number of nitrogens with zero attached hydrogens (tertiary/aromatic N) is 2. The normalized spacial score (nSPS) is 10.6. The van der Waals surface area contributed by atoms with Crippen LogP contribution in [0.5, 0.6) is 0 Å². The van der Waals surface area contributed by atoms with Crippen molar-refractivity contribution in [2.75, 3.05) is 6.54 Å². The number of carbonyl (C=O) groups is 1. The highest BCUT2D eigenvalue weighted by Crippen LogP contribution is 2.14. The van der Waals surface area contributed by atoms with Crippen LogP contribution in [0.1, 0.15) is 27.2 Å². The predicted molar refractivity (Wildman–Crippen MR) is 95.5 cm³/mol. The van der Waals surface area contributed by atoms with Gasteiger partial charge in [-0.15, -0.1) is 0 Å². The number of aromatic nitrogens is 2. The molecule has 0 atom stereocenters. The highest BCUT2D eigenvalue weighted by molar-refractivity contribution is 5.95. The maximum Gasteiger partial charge on any atom is 0.254 e. The number of hydrogen-bond acceptors (Lipinski definition) is 2. The second-order valence-electron chi connectivity index (χ2n) is 5.82. The minimum Gasteiger partial charge on any atom is -0.352 e. The van der Waals surface area contributed by atoms with Crippen LogP contribution in [-0.2, 0) is 6.42 Å². The Hall–Kier alpha value is -2.88. The molecular formula is C20H21N3O. The summed E-state index contributed by atoms with van der Waals surface area (Å²) in [5.41, 5.74) is 4.92. The Morgan fingerprint density at radius 3 is 2.50 bits per heavy atom. The Morgan fingerprint density at radius 1 is 1.04 bits per heavy atom. The summed E-state index contributed by atoms with van der Waals surface area (Å²) in [7, 11) is 0. The van der Waals surface area contributed by atoms with E-state index < -0.39 is 0 Å². The summed E-state index contributed by atoms with van der Waals surface area (Å²) < 4.78 is 1.79. The van der Waals surface area contributed by atoms with Gasteiger partial charge in [-0.05, 0) is 43.5 Å². The van der Waals surface area contributed by atoms with Crippen LogP contribution in [0.15, 0.2) is 60.8 Å². The summed E-state index contributed by atoms with van der Waals surface area (Å²) >= 11 is 0. The van der Waals surface area contributed by atoms with Gasteiger partial charge in [0, 0.05) is 6.54 Å². The lowest BCUT2D eigenvalue weighted by atomic mass is 10.1. The second kappa shape index (κ2) is 7.13. The van der Waals surface area contributed by atoms with Gasteiger partial charge in [0.1, 0.15) is 0 Å². The fourth-order valence-corrected chi connectivity index (χ4v) is 2.76. The molecule has 0 aliphatic heterocycles. The van der Waals surface area contributed by atoms with Crippen LogP contribution in [0.4, 0.5) is 0 Å². The summed E-state index contributed by atoms with van der Waals surface area (Å²) in [5.74, 6) is -0.0803. The topological polar surface area (TPSA) is 46.9 Å². The number of hydrogen-bond donors (Lipinski definition) is 1. The van der Waals surface area contributed by atoms with E-state index in [2.05, 4.69) is 29.5 Å². The largest absolute Gasteiger partial charge is 0.352 e. The average Bonchev–Trinajstić information content (AvgIpc) is 2.99. The minimum atomic E-state index is -0.0803. The third-order valence-electron chi connectivity index (χ3n) is 4.20. The van der Waals surface area contributed by atoms with Crippen LogP contribution in [0.2, 0.25) is 0 Å². The van der Waals surface area contributed by atoms with Crippen molar-refractivity contribution in [3.05, 3.63) is 83.2 Å². The molecule has 4 heteroatoms. The maximum absolute atomic E-state index is 12.4. The number of amides is 1. The lowest BCUT2D eigenvalue weighted by Crippen LogP contribution is -2.26. The molecule has 2 aromatic carbocycles. The molecule has 1 N–H and O–H groups in total. The van der Waals surface area contributed by atoms with E-state index in [-0.39, 0.29) is 5.91 Å². The lowest BCUT2D eigenvalue weighted by Gasteiger charge is -2.08. The molecule has 3 aromatic rings. The van der Waals surface area contributed by atoms with Crippen molar-refractivity contribution in [2.24, 2.45) is 0 Å². The molecule has 0 radical (unpaired) electrons. The average molecular weight is 319 g/mol. The molecule has 3 rings (SSSR count). The molecule has 0 aliphatic rings. The van der Waals surface area contributed by atoms with E-state index in [1.807, 2.05) is 49.4 Å². The molecule has 1 heterocycles. The Bertz CT molecular complexity index is 837. The SMILES string of the molecule is Cc1ccccc1CCNC(=O)c1cnn(-c2ccccc2)c1C. The van der Waals surface area contributed by atoms with E-state index in [1.54, 1.807) is 10.9 Å². The molecule has 1 amide bonds. The Kier molecular flexibility index (Phi) is 4.75. The van der Waals surface area contributed by atoms with Crippen molar-refractivity contribution in [1.82, 2.24) is 15.1 Å². The number of para-hydroxylation sites is 1. The van der Waals surface area contributed by atoms with Crippen molar-refractivity contribution in [1.29, 1.82) is 0 Å². The van der Waals surface area contributed by atoms with Crippen LogP contribution in [0.25, 0.3) is 5.69 Å². The van der Waals surface area contributed by atoms with Gasteiger partial charge in [-0.1, -0.05) is 42.5 Å². The van der Waals surface area contributed by atoms with Crippen LogP contribution >= 0.6 is 0 Å². The van der Waals surface area contributed by atoms with Crippen molar-refractivity contribution in [2.45, 2.75) is 20.3 Å². The monoisotopic (exact) mass is 319 g/mol. The van der Waals surface area contributed by atoms with Gasteiger partial charge in [0.15, 0.2) is 0 Å². The van der Waals surface area contributed by atoms with Crippen molar-refractivity contribution < 1.29 is 4.79 Å². The van der Waals surface area contributed by atoms with Crippen molar-refractivity contribution in [3.8, 4) is 5.69 Å². The summed E-state index contributed by atoms with van der Waals surface area (Å²) in [6.45, 7) is 4.61. The van der Waals surface area contributed by atoms with E-state index >= 15 is 0 Å². The van der Waals surface area contributed by atoms with Gasteiger partial charge in [0.25, 0.3) is 5.91 Å². The Morgan fingerprint density at radius 2 is 1.75 bits per heavy atom. The molecule has 0 fully saturated rings. The first-order valence-corrected chi connectivity index (χ1v) is 8.09. The molecule has 0 bridgehead atoms. The highest BCUT2D eigenvalue weighted by Gasteiger charge is 2.14. The molecular weight excluding hydrogens is 298 g/mol. The third kappa shape index (κ3) is 3.38. The standard InChI is InChI=1S/C20H21N3O/c1-15-8-6-7-9-17(15)12-13-21-20(24)19-14-22-23(16(19)2)18-10-4-3-5-11-18/h3-11,14H,12-13H2,1-2H3,(H,21,24). The van der Waals surface area contributed by atoms with Gasteiger partial charge in [-0.2, -0.15) is 5.10 Å². The van der Waals surface area contributed by atoms with Gasteiger partial charge in [0.05, 0.1) is 23.1 Å². The third-order valence-corrected chi connectivity index (χ3v) is 4.20. The lowest BCUT2D eigenvalue weighted by molar-refractivity contribution is 0.0953. The molecule has 24 heavy (non-hydrogen) atoms. The van der Waals surface area contributed by atoms with Crippen molar-refractivity contribution in [3.63, 3.8) is 0 Å². The molecule has 0 saturated heterocycles. The fraction of sp³-hybridized carbons (Fsp3) is 0.200.